The first-order chi connectivity index (χ1) is 8.56. The van der Waals surface area contributed by atoms with E-state index in [0.717, 1.165) is 0 Å². The Balaban J connectivity index is 1.90. The Kier molecular flexibility index (Phi) is 3.22. The smallest absolute Gasteiger partial charge is 0.322 e. The highest BCUT2D eigenvalue weighted by molar-refractivity contribution is 6.04. The molecule has 1 fully saturated rings. The average Bonchev–Trinajstić information content (AvgIpc) is 2.66. The maximum absolute atomic E-state index is 12.6. The second-order valence-electron chi connectivity index (χ2n) is 3.73. The minimum absolute atomic E-state index is 0.0201. The van der Waals surface area contributed by atoms with Crippen molar-refractivity contribution < 1.29 is 18.8 Å². The maximum atomic E-state index is 12.6. The van der Waals surface area contributed by atoms with Crippen LogP contribution in [0.2, 0.25) is 0 Å². The molecule has 7 heteroatoms. The van der Waals surface area contributed by atoms with Crippen LogP contribution in [-0.4, -0.2) is 30.4 Å². The summed E-state index contributed by atoms with van der Waals surface area (Å²) in [6.45, 7) is -0.0201. The SMILES string of the molecule is O=C1NC(=O)C(CNC(=O)c2ccc(F)cc2)N1. The highest BCUT2D eigenvalue weighted by Crippen LogP contribution is 2.02. The summed E-state index contributed by atoms with van der Waals surface area (Å²) in [5.41, 5.74) is 0.279. The third kappa shape index (κ3) is 2.62. The summed E-state index contributed by atoms with van der Waals surface area (Å²) in [6, 6.07) is 3.64. The molecular weight excluding hydrogens is 241 g/mol. The molecular formula is C11H10FN3O3. The van der Waals surface area contributed by atoms with Gasteiger partial charge in [0.25, 0.3) is 11.8 Å². The number of halogens is 1. The number of hydrogen-bond donors (Lipinski definition) is 3. The van der Waals surface area contributed by atoms with Gasteiger partial charge in [0.15, 0.2) is 0 Å². The van der Waals surface area contributed by atoms with Crippen molar-refractivity contribution in [3.63, 3.8) is 0 Å². The van der Waals surface area contributed by atoms with E-state index in [-0.39, 0.29) is 12.1 Å². The first kappa shape index (κ1) is 12.0. The number of urea groups is 1. The largest absolute Gasteiger partial charge is 0.349 e. The van der Waals surface area contributed by atoms with Crippen LogP contribution in [0.15, 0.2) is 24.3 Å². The van der Waals surface area contributed by atoms with Crippen LogP contribution in [0.3, 0.4) is 0 Å². The van der Waals surface area contributed by atoms with E-state index < -0.39 is 29.7 Å². The lowest BCUT2D eigenvalue weighted by Crippen LogP contribution is -2.41. The van der Waals surface area contributed by atoms with Gasteiger partial charge in [-0.05, 0) is 24.3 Å². The van der Waals surface area contributed by atoms with Crippen LogP contribution in [0.1, 0.15) is 10.4 Å². The van der Waals surface area contributed by atoms with E-state index in [1.807, 2.05) is 5.32 Å². The zero-order valence-electron chi connectivity index (χ0n) is 9.20. The maximum Gasteiger partial charge on any atom is 0.322 e. The van der Waals surface area contributed by atoms with Crippen LogP contribution < -0.4 is 16.0 Å². The van der Waals surface area contributed by atoms with E-state index in [1.54, 1.807) is 0 Å². The van der Waals surface area contributed by atoms with Gasteiger partial charge in [0.05, 0.1) is 0 Å². The van der Waals surface area contributed by atoms with Gasteiger partial charge in [-0.15, -0.1) is 0 Å². The van der Waals surface area contributed by atoms with Gasteiger partial charge in [-0.1, -0.05) is 0 Å². The van der Waals surface area contributed by atoms with Crippen molar-refractivity contribution in [3.8, 4) is 0 Å². The highest BCUT2D eigenvalue weighted by atomic mass is 19.1. The Morgan fingerprint density at radius 1 is 1.28 bits per heavy atom. The predicted octanol–water partition coefficient (Wildman–Crippen LogP) is -0.237. The van der Waals surface area contributed by atoms with E-state index in [9.17, 15) is 18.8 Å². The first-order valence-electron chi connectivity index (χ1n) is 5.21. The molecule has 0 radical (unpaired) electrons. The summed E-state index contributed by atoms with van der Waals surface area (Å²) in [6.07, 6.45) is 0. The Morgan fingerprint density at radius 2 is 1.94 bits per heavy atom. The van der Waals surface area contributed by atoms with Crippen LogP contribution in [0.5, 0.6) is 0 Å². The van der Waals surface area contributed by atoms with Gasteiger partial charge in [-0.3, -0.25) is 14.9 Å². The lowest BCUT2D eigenvalue weighted by Gasteiger charge is -2.08. The Labute approximate surface area is 102 Å². The molecule has 1 aliphatic heterocycles. The normalized spacial score (nSPS) is 18.2. The van der Waals surface area contributed by atoms with Crippen molar-refractivity contribution in [2.45, 2.75) is 6.04 Å². The van der Waals surface area contributed by atoms with E-state index in [4.69, 9.17) is 0 Å². The van der Waals surface area contributed by atoms with Crippen molar-refractivity contribution in [3.05, 3.63) is 35.6 Å². The quantitative estimate of drug-likeness (QED) is 0.648. The minimum Gasteiger partial charge on any atom is -0.349 e. The molecule has 1 aliphatic rings. The van der Waals surface area contributed by atoms with E-state index in [1.165, 1.54) is 24.3 Å². The second kappa shape index (κ2) is 4.82. The predicted molar refractivity (Wildman–Crippen MR) is 59.2 cm³/mol. The molecule has 2 rings (SSSR count). The molecule has 0 bridgehead atoms. The van der Waals surface area contributed by atoms with Gasteiger partial charge in [0, 0.05) is 12.1 Å². The molecule has 0 spiro atoms. The van der Waals surface area contributed by atoms with Gasteiger partial charge >= 0.3 is 6.03 Å². The average molecular weight is 251 g/mol. The molecule has 1 unspecified atom stereocenters. The van der Waals surface area contributed by atoms with Gasteiger partial charge in [-0.2, -0.15) is 0 Å². The molecule has 3 N–H and O–H groups in total. The zero-order chi connectivity index (χ0) is 13.1. The molecule has 1 heterocycles. The molecule has 0 aliphatic carbocycles. The van der Waals surface area contributed by atoms with Gasteiger partial charge in [-0.25, -0.2) is 9.18 Å². The summed E-state index contributed by atoms with van der Waals surface area (Å²) in [5.74, 6) is -1.36. The number of amides is 4. The van der Waals surface area contributed by atoms with Gasteiger partial charge in [0.2, 0.25) is 0 Å². The molecule has 0 saturated carbocycles. The Hall–Kier alpha value is -2.44. The molecule has 0 aromatic heterocycles. The summed E-state index contributed by atoms with van der Waals surface area (Å²) >= 11 is 0. The lowest BCUT2D eigenvalue weighted by molar-refractivity contribution is -0.120. The van der Waals surface area contributed by atoms with Crippen molar-refractivity contribution in [2.75, 3.05) is 6.54 Å². The van der Waals surface area contributed by atoms with E-state index >= 15 is 0 Å². The Bertz CT molecular complexity index is 501. The fraction of sp³-hybridized carbons (Fsp3) is 0.182. The van der Waals surface area contributed by atoms with E-state index in [0.29, 0.717) is 0 Å². The number of carbonyl (C=O) groups excluding carboxylic acids is 3. The van der Waals surface area contributed by atoms with E-state index in [2.05, 4.69) is 10.6 Å². The molecule has 1 atom stereocenters. The molecule has 1 saturated heterocycles. The zero-order valence-corrected chi connectivity index (χ0v) is 9.20. The fourth-order valence-electron chi connectivity index (χ4n) is 1.50. The molecule has 94 valence electrons. The number of carbonyl (C=O) groups is 3. The van der Waals surface area contributed by atoms with Crippen molar-refractivity contribution >= 4 is 17.8 Å². The van der Waals surface area contributed by atoms with Crippen molar-refractivity contribution in [1.29, 1.82) is 0 Å². The third-order valence-electron chi connectivity index (χ3n) is 2.43. The standard InChI is InChI=1S/C11H10FN3O3/c12-7-3-1-6(2-4-7)9(16)13-5-8-10(17)15-11(18)14-8/h1-4,8H,5H2,(H,13,16)(H2,14,15,17,18). The number of imide groups is 1. The Morgan fingerprint density at radius 3 is 2.50 bits per heavy atom. The lowest BCUT2D eigenvalue weighted by atomic mass is 10.2. The molecule has 6 nitrogen and oxygen atoms in total. The number of rotatable bonds is 3. The second-order valence-corrected chi connectivity index (χ2v) is 3.73. The summed E-state index contributed by atoms with van der Waals surface area (Å²) in [4.78, 5) is 33.6. The summed E-state index contributed by atoms with van der Waals surface area (Å²) < 4.78 is 12.6. The fourth-order valence-corrected chi connectivity index (χ4v) is 1.50. The van der Waals surface area contributed by atoms with Crippen LogP contribution in [-0.2, 0) is 4.79 Å². The van der Waals surface area contributed by atoms with Crippen LogP contribution >= 0.6 is 0 Å². The number of benzene rings is 1. The number of nitrogens with one attached hydrogen (secondary N) is 3. The summed E-state index contributed by atoms with van der Waals surface area (Å²) in [7, 11) is 0. The van der Waals surface area contributed by atoms with Crippen LogP contribution in [0.25, 0.3) is 0 Å². The van der Waals surface area contributed by atoms with Crippen LogP contribution in [0, 0.1) is 5.82 Å². The molecule has 4 amide bonds. The minimum atomic E-state index is -0.776. The highest BCUT2D eigenvalue weighted by Gasteiger charge is 2.29. The molecule has 18 heavy (non-hydrogen) atoms. The van der Waals surface area contributed by atoms with Gasteiger partial charge in [0.1, 0.15) is 11.9 Å². The van der Waals surface area contributed by atoms with Crippen molar-refractivity contribution in [2.24, 2.45) is 0 Å². The topological polar surface area (TPSA) is 87.3 Å². The summed E-state index contributed by atoms with van der Waals surface area (Å²) in [5, 5.41) is 6.87. The number of hydrogen-bond acceptors (Lipinski definition) is 3. The van der Waals surface area contributed by atoms with Crippen molar-refractivity contribution in [1.82, 2.24) is 16.0 Å². The third-order valence-corrected chi connectivity index (χ3v) is 2.43. The monoisotopic (exact) mass is 251 g/mol. The first-order valence-corrected chi connectivity index (χ1v) is 5.21. The molecule has 1 aromatic rings. The van der Waals surface area contributed by atoms with Crippen LogP contribution in [0.4, 0.5) is 9.18 Å². The van der Waals surface area contributed by atoms with Gasteiger partial charge < -0.3 is 10.6 Å². The molecule has 1 aromatic carbocycles.